The minimum atomic E-state index is -2.97. The zero-order valence-corrected chi connectivity index (χ0v) is 16.2. The number of sulfone groups is 1. The molecule has 0 spiro atoms. The molecule has 6 heteroatoms. The highest BCUT2D eigenvalue weighted by Gasteiger charge is 2.17. The Hall–Kier alpha value is -2.34. The second kappa shape index (κ2) is 8.13. The molecule has 0 heterocycles. The number of aryl methyl sites for hydroxylation is 2. The normalized spacial score (nSPS) is 13.4. The van der Waals surface area contributed by atoms with E-state index in [-0.39, 0.29) is 11.5 Å². The van der Waals surface area contributed by atoms with Crippen molar-refractivity contribution < 1.29 is 23.1 Å². The molecular formula is C21H24O5S. The summed E-state index contributed by atoms with van der Waals surface area (Å²) in [7, 11) is -2.97. The fourth-order valence-electron chi connectivity index (χ4n) is 3.39. The van der Waals surface area contributed by atoms with Gasteiger partial charge in [0, 0.05) is 5.75 Å². The van der Waals surface area contributed by atoms with Crippen molar-refractivity contribution >= 4 is 15.8 Å². The van der Waals surface area contributed by atoms with Gasteiger partial charge in [-0.1, -0.05) is 19.1 Å². The first-order valence-corrected chi connectivity index (χ1v) is 11.0. The van der Waals surface area contributed by atoms with Gasteiger partial charge in [-0.05, 0) is 72.2 Å². The predicted octanol–water partition coefficient (Wildman–Crippen LogP) is 3.74. The van der Waals surface area contributed by atoms with E-state index in [1.807, 2.05) is 24.3 Å². The molecule has 0 saturated heterocycles. The number of ether oxygens (including phenoxy) is 1. The molecule has 144 valence electrons. The van der Waals surface area contributed by atoms with Crippen molar-refractivity contribution in [2.45, 2.75) is 32.6 Å². The highest BCUT2D eigenvalue weighted by Crippen LogP contribution is 2.35. The van der Waals surface area contributed by atoms with Gasteiger partial charge in [0.2, 0.25) is 0 Å². The van der Waals surface area contributed by atoms with E-state index in [9.17, 15) is 18.3 Å². The van der Waals surface area contributed by atoms with Crippen LogP contribution in [-0.2, 0) is 22.7 Å². The van der Waals surface area contributed by atoms with Gasteiger partial charge in [0.25, 0.3) is 0 Å². The van der Waals surface area contributed by atoms with Gasteiger partial charge in [-0.15, -0.1) is 0 Å². The van der Waals surface area contributed by atoms with E-state index >= 15 is 0 Å². The molecular weight excluding hydrogens is 364 g/mol. The molecule has 0 aromatic heterocycles. The minimum absolute atomic E-state index is 0.139. The van der Waals surface area contributed by atoms with E-state index in [0.717, 1.165) is 47.3 Å². The summed E-state index contributed by atoms with van der Waals surface area (Å²) in [5.41, 5.74) is 4.61. The first-order valence-electron chi connectivity index (χ1n) is 9.22. The molecule has 0 unspecified atom stereocenters. The van der Waals surface area contributed by atoms with E-state index in [1.54, 1.807) is 19.1 Å². The maximum absolute atomic E-state index is 11.5. The summed E-state index contributed by atoms with van der Waals surface area (Å²) in [5, 5.41) is 9.28. The van der Waals surface area contributed by atoms with Gasteiger partial charge >= 0.3 is 5.97 Å². The standard InChI is InChI=1S/C21H24O5S/c1-2-27(24,25)12-4-11-26-18-9-10-19-16(13-18)6-3-5-15-7-8-17(21(22)23)14-20(15)19/h7-10,13-14H,2-6,11-12H2,1H3,(H,22,23). The number of carbonyl (C=O) groups is 1. The summed E-state index contributed by atoms with van der Waals surface area (Å²) in [5.74, 6) is 0.0923. The number of benzene rings is 2. The van der Waals surface area contributed by atoms with Crippen LogP contribution in [0.25, 0.3) is 11.1 Å². The Balaban J connectivity index is 1.78. The Bertz CT molecular complexity index is 947. The summed E-state index contributed by atoms with van der Waals surface area (Å²) < 4.78 is 28.8. The molecule has 0 fully saturated rings. The van der Waals surface area contributed by atoms with Crippen LogP contribution in [0.3, 0.4) is 0 Å². The predicted molar refractivity (Wildman–Crippen MR) is 105 cm³/mol. The van der Waals surface area contributed by atoms with Crippen molar-refractivity contribution in [3.8, 4) is 16.9 Å². The molecule has 0 amide bonds. The third kappa shape index (κ3) is 4.69. The first kappa shape index (κ1) is 19.4. The van der Waals surface area contributed by atoms with Crippen LogP contribution in [-0.4, -0.2) is 37.6 Å². The van der Waals surface area contributed by atoms with Crippen molar-refractivity contribution in [1.29, 1.82) is 0 Å². The lowest BCUT2D eigenvalue weighted by molar-refractivity contribution is 0.0697. The Morgan fingerprint density at radius 1 is 1.07 bits per heavy atom. The van der Waals surface area contributed by atoms with Gasteiger partial charge in [-0.25, -0.2) is 13.2 Å². The molecule has 0 aliphatic heterocycles. The van der Waals surface area contributed by atoms with Crippen LogP contribution >= 0.6 is 0 Å². The average molecular weight is 388 g/mol. The molecule has 1 aliphatic carbocycles. The zero-order valence-electron chi connectivity index (χ0n) is 15.4. The zero-order chi connectivity index (χ0) is 19.4. The van der Waals surface area contributed by atoms with E-state index in [2.05, 4.69) is 0 Å². The van der Waals surface area contributed by atoms with Crippen molar-refractivity contribution in [2.75, 3.05) is 18.1 Å². The van der Waals surface area contributed by atoms with Gasteiger partial charge in [-0.3, -0.25) is 0 Å². The Kier molecular flexibility index (Phi) is 5.85. The highest BCUT2D eigenvalue weighted by atomic mass is 32.2. The van der Waals surface area contributed by atoms with Crippen LogP contribution in [0, 0.1) is 0 Å². The molecule has 0 bridgehead atoms. The molecule has 1 N–H and O–H groups in total. The SMILES string of the molecule is CCS(=O)(=O)CCCOc1ccc2c(c1)CCCc1ccc(C(=O)O)cc1-2. The number of hydrogen-bond donors (Lipinski definition) is 1. The van der Waals surface area contributed by atoms with Crippen LogP contribution < -0.4 is 4.74 Å². The van der Waals surface area contributed by atoms with E-state index in [4.69, 9.17) is 4.74 Å². The molecule has 0 atom stereocenters. The molecule has 2 aromatic carbocycles. The molecule has 3 rings (SSSR count). The average Bonchev–Trinajstić information content (AvgIpc) is 2.83. The molecule has 0 radical (unpaired) electrons. The monoisotopic (exact) mass is 388 g/mol. The fourth-order valence-corrected chi connectivity index (χ4v) is 4.24. The van der Waals surface area contributed by atoms with Crippen LogP contribution in [0.1, 0.15) is 41.3 Å². The highest BCUT2D eigenvalue weighted by molar-refractivity contribution is 7.91. The van der Waals surface area contributed by atoms with Crippen LogP contribution in [0.5, 0.6) is 5.75 Å². The van der Waals surface area contributed by atoms with E-state index in [0.29, 0.717) is 18.6 Å². The maximum atomic E-state index is 11.5. The summed E-state index contributed by atoms with van der Waals surface area (Å²) >= 11 is 0. The number of carboxylic acid groups (broad SMARTS) is 1. The Morgan fingerprint density at radius 2 is 1.85 bits per heavy atom. The third-order valence-electron chi connectivity index (χ3n) is 4.92. The Labute approximate surface area is 159 Å². The topological polar surface area (TPSA) is 80.7 Å². The largest absolute Gasteiger partial charge is 0.494 e. The smallest absolute Gasteiger partial charge is 0.335 e. The summed E-state index contributed by atoms with van der Waals surface area (Å²) in [6, 6.07) is 11.2. The second-order valence-electron chi connectivity index (χ2n) is 6.79. The van der Waals surface area contributed by atoms with E-state index in [1.165, 1.54) is 0 Å². The van der Waals surface area contributed by atoms with Gasteiger partial charge in [0.15, 0.2) is 0 Å². The molecule has 5 nitrogen and oxygen atoms in total. The molecule has 0 saturated carbocycles. The lowest BCUT2D eigenvalue weighted by Gasteiger charge is -2.13. The quantitative estimate of drug-likeness (QED) is 0.731. The van der Waals surface area contributed by atoms with Crippen LogP contribution in [0.2, 0.25) is 0 Å². The third-order valence-corrected chi connectivity index (χ3v) is 6.71. The number of fused-ring (bicyclic) bond motifs is 3. The van der Waals surface area contributed by atoms with Crippen LogP contribution in [0.4, 0.5) is 0 Å². The number of aromatic carboxylic acids is 1. The summed E-state index contributed by atoms with van der Waals surface area (Å²) in [6.45, 7) is 2.01. The van der Waals surface area contributed by atoms with E-state index < -0.39 is 15.8 Å². The Morgan fingerprint density at radius 3 is 2.59 bits per heavy atom. The molecule has 1 aliphatic rings. The number of hydrogen-bond acceptors (Lipinski definition) is 4. The van der Waals surface area contributed by atoms with Crippen molar-refractivity contribution in [3.05, 3.63) is 53.1 Å². The number of rotatable bonds is 7. The van der Waals surface area contributed by atoms with Crippen molar-refractivity contribution in [2.24, 2.45) is 0 Å². The second-order valence-corrected chi connectivity index (χ2v) is 9.26. The van der Waals surface area contributed by atoms with Crippen LogP contribution in [0.15, 0.2) is 36.4 Å². The number of carboxylic acids is 1. The lowest BCUT2D eigenvalue weighted by Crippen LogP contribution is -2.11. The van der Waals surface area contributed by atoms with Gasteiger partial charge in [-0.2, -0.15) is 0 Å². The molecule has 2 aromatic rings. The van der Waals surface area contributed by atoms with Crippen molar-refractivity contribution in [1.82, 2.24) is 0 Å². The fraction of sp³-hybridized carbons (Fsp3) is 0.381. The van der Waals surface area contributed by atoms with Gasteiger partial charge in [0.05, 0.1) is 17.9 Å². The van der Waals surface area contributed by atoms with Gasteiger partial charge in [0.1, 0.15) is 15.6 Å². The van der Waals surface area contributed by atoms with Crippen molar-refractivity contribution in [3.63, 3.8) is 0 Å². The minimum Gasteiger partial charge on any atom is -0.494 e. The summed E-state index contributed by atoms with van der Waals surface area (Å²) in [6.07, 6.45) is 3.27. The van der Waals surface area contributed by atoms with Gasteiger partial charge < -0.3 is 9.84 Å². The first-order chi connectivity index (χ1) is 12.9. The summed E-state index contributed by atoms with van der Waals surface area (Å²) in [4.78, 5) is 11.3. The maximum Gasteiger partial charge on any atom is 0.335 e. The molecule has 27 heavy (non-hydrogen) atoms. The lowest BCUT2D eigenvalue weighted by atomic mass is 9.94.